The molecule has 1 saturated carbocycles. The number of nitrogens with one attached hydrogen (secondary N) is 5. The van der Waals surface area contributed by atoms with Crippen LogP contribution in [0.5, 0.6) is 5.75 Å². The van der Waals surface area contributed by atoms with E-state index in [1.165, 1.54) is 0 Å². The highest BCUT2D eigenvalue weighted by Gasteiger charge is 2.44. The zero-order chi connectivity index (χ0) is 32.6. The summed E-state index contributed by atoms with van der Waals surface area (Å²) < 4.78 is 5.93. The molecule has 13 heteroatoms. The minimum Gasteiger partial charge on any atom is -0.491 e. The van der Waals surface area contributed by atoms with Crippen molar-refractivity contribution in [3.63, 3.8) is 0 Å². The predicted octanol–water partition coefficient (Wildman–Crippen LogP) is 2.16. The number of para-hydroxylation sites is 1. The molecular weight excluding hydrogens is 596 g/mol. The van der Waals surface area contributed by atoms with Crippen molar-refractivity contribution in [2.24, 2.45) is 5.92 Å². The third-order valence-electron chi connectivity index (χ3n) is 8.06. The first-order valence-corrected chi connectivity index (χ1v) is 16.5. The van der Waals surface area contributed by atoms with Crippen molar-refractivity contribution < 1.29 is 28.7 Å². The van der Waals surface area contributed by atoms with Gasteiger partial charge in [-0.05, 0) is 51.2 Å². The van der Waals surface area contributed by atoms with Crippen LogP contribution in [-0.4, -0.2) is 71.3 Å². The van der Waals surface area contributed by atoms with Gasteiger partial charge in [0.1, 0.15) is 30.0 Å². The van der Waals surface area contributed by atoms with E-state index < -0.39 is 47.3 Å². The number of amides is 5. The molecule has 2 heterocycles. The Labute approximate surface area is 267 Å². The van der Waals surface area contributed by atoms with E-state index in [4.69, 9.17) is 4.74 Å². The van der Waals surface area contributed by atoms with Crippen molar-refractivity contribution in [1.29, 1.82) is 0 Å². The molecule has 1 aliphatic heterocycles. The van der Waals surface area contributed by atoms with Crippen LogP contribution in [0.15, 0.2) is 29.6 Å². The zero-order valence-electron chi connectivity index (χ0n) is 26.4. The topological polar surface area (TPSA) is 168 Å². The molecule has 0 unspecified atom stereocenters. The van der Waals surface area contributed by atoms with Crippen LogP contribution in [0, 0.1) is 12.8 Å². The van der Waals surface area contributed by atoms with Crippen LogP contribution in [0.4, 0.5) is 0 Å². The molecule has 1 fully saturated rings. The molecule has 2 aliphatic rings. The Hall–Kier alpha value is -4.00. The summed E-state index contributed by atoms with van der Waals surface area (Å²) >= 11 is 1.56. The maximum absolute atomic E-state index is 13.7. The second-order valence-electron chi connectivity index (χ2n) is 12.3. The third kappa shape index (κ3) is 9.03. The average molecular weight is 641 g/mol. The number of hydrogen-bond donors (Lipinski definition) is 5. The lowest BCUT2D eigenvalue weighted by Crippen LogP contribution is -2.62. The van der Waals surface area contributed by atoms with Crippen LogP contribution in [0.3, 0.4) is 0 Å². The summed E-state index contributed by atoms with van der Waals surface area (Å²) in [6, 6.07) is 4.08. The second-order valence-corrected chi connectivity index (χ2v) is 13.2. The summed E-state index contributed by atoms with van der Waals surface area (Å²) in [6.07, 6.45) is 3.17. The lowest BCUT2D eigenvalue weighted by Gasteiger charge is -2.33. The Morgan fingerprint density at radius 1 is 1.11 bits per heavy atom. The number of carbonyl (C=O) groups is 5. The number of aryl methyl sites for hydroxylation is 2. The van der Waals surface area contributed by atoms with Gasteiger partial charge in [-0.25, -0.2) is 4.98 Å². The van der Waals surface area contributed by atoms with E-state index >= 15 is 0 Å². The van der Waals surface area contributed by atoms with E-state index in [9.17, 15) is 24.0 Å². The fourth-order valence-electron chi connectivity index (χ4n) is 5.61. The minimum absolute atomic E-state index is 0.0569. The fourth-order valence-corrected chi connectivity index (χ4v) is 6.43. The number of thiazole rings is 1. The highest BCUT2D eigenvalue weighted by atomic mass is 32.1. The molecule has 5 amide bonds. The third-order valence-corrected chi connectivity index (χ3v) is 9.09. The van der Waals surface area contributed by atoms with Gasteiger partial charge in [-0.15, -0.1) is 11.3 Å². The quantitative estimate of drug-likeness (QED) is 0.302. The largest absolute Gasteiger partial charge is 0.491 e. The zero-order valence-corrected chi connectivity index (χ0v) is 27.2. The van der Waals surface area contributed by atoms with E-state index in [0.717, 1.165) is 23.5 Å². The van der Waals surface area contributed by atoms with Gasteiger partial charge >= 0.3 is 0 Å². The van der Waals surface area contributed by atoms with Crippen molar-refractivity contribution in [3.05, 3.63) is 45.9 Å². The molecule has 3 atom stereocenters. The SMILES string of the molecule is Cc1csc(CCCNC(=O)[C@@H]2CC(=O)NC3(CCCC3)C(=O)N[C@H](C(C)C)C(=O)N[C@@H](C)COc3ccccc3C(=O)N2)n1. The summed E-state index contributed by atoms with van der Waals surface area (Å²) in [6.45, 7) is 7.75. The number of carbonyl (C=O) groups excluding carboxylic acids is 5. The van der Waals surface area contributed by atoms with Gasteiger partial charge in [0.15, 0.2) is 0 Å². The first-order valence-electron chi connectivity index (χ1n) is 15.6. The molecule has 0 radical (unpaired) electrons. The van der Waals surface area contributed by atoms with Gasteiger partial charge in [-0.2, -0.15) is 0 Å². The molecule has 1 aromatic carbocycles. The Kier molecular flexibility index (Phi) is 11.5. The summed E-state index contributed by atoms with van der Waals surface area (Å²) in [4.78, 5) is 71.8. The number of rotatable bonds is 6. The summed E-state index contributed by atoms with van der Waals surface area (Å²) in [5, 5.41) is 17.2. The average Bonchev–Trinajstić information content (AvgIpc) is 3.65. The molecule has 4 rings (SSSR count). The number of aromatic nitrogens is 1. The number of nitrogens with zero attached hydrogens (tertiary/aromatic N) is 1. The van der Waals surface area contributed by atoms with Crippen LogP contribution in [-0.2, 0) is 25.6 Å². The molecule has 1 aliphatic carbocycles. The standard InChI is InChI=1S/C32H44N6O6S/c1-19(2)27-30(42)35-20(3)17-44-24-11-6-5-10-22(24)28(40)36-23(29(41)33-15-9-12-26-34-21(4)18-45-26)16-25(39)38-32(31(43)37-27)13-7-8-14-32/h5-6,10-11,18-20,23,27H,7-9,12-17H2,1-4H3,(H,33,41)(H,35,42)(H,36,40)(H,37,43)(H,38,39)/t20-,23-,27+/m0/s1. The van der Waals surface area contributed by atoms with Crippen LogP contribution >= 0.6 is 11.3 Å². The van der Waals surface area contributed by atoms with Gasteiger partial charge in [0, 0.05) is 24.0 Å². The van der Waals surface area contributed by atoms with Gasteiger partial charge in [-0.3, -0.25) is 24.0 Å². The van der Waals surface area contributed by atoms with Crippen molar-refractivity contribution >= 4 is 40.9 Å². The van der Waals surface area contributed by atoms with E-state index in [-0.39, 0.29) is 36.2 Å². The predicted molar refractivity (Wildman–Crippen MR) is 170 cm³/mol. The number of fused-ring (bicyclic) bond motifs is 1. The first-order chi connectivity index (χ1) is 21.5. The van der Waals surface area contributed by atoms with E-state index in [2.05, 4.69) is 31.6 Å². The summed E-state index contributed by atoms with van der Waals surface area (Å²) in [5.41, 5.74) is -0.0947. The molecule has 0 bridgehead atoms. The van der Waals surface area contributed by atoms with Crippen molar-refractivity contribution in [2.45, 2.75) is 96.3 Å². The Bertz CT molecular complexity index is 1390. The lowest BCUT2D eigenvalue weighted by molar-refractivity contribution is -0.137. The molecule has 244 valence electrons. The van der Waals surface area contributed by atoms with E-state index in [0.29, 0.717) is 32.2 Å². The van der Waals surface area contributed by atoms with Gasteiger partial charge in [0.05, 0.1) is 23.0 Å². The molecule has 2 aromatic rings. The van der Waals surface area contributed by atoms with E-state index in [1.807, 2.05) is 26.2 Å². The Morgan fingerprint density at radius 2 is 1.84 bits per heavy atom. The summed E-state index contributed by atoms with van der Waals surface area (Å²) in [5.74, 6) is -2.44. The van der Waals surface area contributed by atoms with Crippen LogP contribution < -0.4 is 31.3 Å². The summed E-state index contributed by atoms with van der Waals surface area (Å²) in [7, 11) is 0. The number of benzene rings is 1. The Balaban J connectivity index is 1.58. The van der Waals surface area contributed by atoms with Crippen molar-refractivity contribution in [2.75, 3.05) is 13.2 Å². The van der Waals surface area contributed by atoms with Gasteiger partial charge in [-0.1, -0.05) is 38.8 Å². The maximum atomic E-state index is 13.7. The molecule has 12 nitrogen and oxygen atoms in total. The first kappa shape index (κ1) is 33.9. The fraction of sp³-hybridized carbons (Fsp3) is 0.562. The molecule has 0 saturated heterocycles. The molecule has 45 heavy (non-hydrogen) atoms. The highest BCUT2D eigenvalue weighted by Crippen LogP contribution is 2.31. The molecule has 1 spiro atoms. The molecule has 1 aromatic heterocycles. The van der Waals surface area contributed by atoms with Gasteiger partial charge in [0.25, 0.3) is 5.91 Å². The number of hydrogen-bond acceptors (Lipinski definition) is 8. The number of ether oxygens (including phenoxy) is 1. The van der Waals surface area contributed by atoms with Crippen LogP contribution in [0.25, 0.3) is 0 Å². The monoisotopic (exact) mass is 640 g/mol. The smallest absolute Gasteiger partial charge is 0.255 e. The highest BCUT2D eigenvalue weighted by molar-refractivity contribution is 7.09. The normalized spacial score (nSPS) is 22.8. The molecular formula is C32H44N6O6S. The van der Waals surface area contributed by atoms with Crippen LogP contribution in [0.1, 0.15) is 80.4 Å². The second kappa shape index (κ2) is 15.3. The van der Waals surface area contributed by atoms with E-state index in [1.54, 1.807) is 42.5 Å². The minimum atomic E-state index is -1.23. The van der Waals surface area contributed by atoms with Crippen molar-refractivity contribution in [3.8, 4) is 5.75 Å². The van der Waals surface area contributed by atoms with Crippen molar-refractivity contribution in [1.82, 2.24) is 31.6 Å². The van der Waals surface area contributed by atoms with Gasteiger partial charge < -0.3 is 31.3 Å². The molecule has 5 N–H and O–H groups in total. The van der Waals surface area contributed by atoms with Crippen LogP contribution in [0.2, 0.25) is 0 Å². The maximum Gasteiger partial charge on any atom is 0.255 e. The van der Waals surface area contributed by atoms with Gasteiger partial charge in [0.2, 0.25) is 23.6 Å². The lowest BCUT2D eigenvalue weighted by atomic mass is 9.93. The Morgan fingerprint density at radius 3 is 2.53 bits per heavy atom.